The second kappa shape index (κ2) is 11.1. The number of nitrogens with one attached hydrogen (secondary N) is 2. The summed E-state index contributed by atoms with van der Waals surface area (Å²) in [7, 11) is 1.66. The van der Waals surface area contributed by atoms with Gasteiger partial charge < -0.3 is 19.9 Å². The first-order valence-corrected chi connectivity index (χ1v) is 11.7. The lowest BCUT2D eigenvalue weighted by molar-refractivity contribution is 0.385. The van der Waals surface area contributed by atoms with Gasteiger partial charge in [-0.3, -0.25) is 5.32 Å². The number of anilines is 3. The molecular formula is C25H28FN7OS. The molecule has 1 aliphatic rings. The van der Waals surface area contributed by atoms with E-state index in [4.69, 9.17) is 17.0 Å². The Morgan fingerprint density at radius 1 is 0.943 bits per heavy atom. The number of hydrogen-bond donors (Lipinski definition) is 2. The molecule has 0 unspecified atom stereocenters. The van der Waals surface area contributed by atoms with Gasteiger partial charge in [0, 0.05) is 48.9 Å². The summed E-state index contributed by atoms with van der Waals surface area (Å²) >= 11 is 5.48. The molecule has 0 atom stereocenters. The highest BCUT2D eigenvalue weighted by molar-refractivity contribution is 7.80. The lowest BCUT2D eigenvalue weighted by Crippen LogP contribution is -2.51. The number of hydrogen-bond acceptors (Lipinski definition) is 5. The van der Waals surface area contributed by atoms with Gasteiger partial charge in [0.1, 0.15) is 11.6 Å². The van der Waals surface area contributed by atoms with E-state index in [1.807, 2.05) is 32.0 Å². The van der Waals surface area contributed by atoms with Crippen LogP contribution in [0.3, 0.4) is 0 Å². The number of methoxy groups -OCH3 is 1. The molecule has 3 aromatic rings. The van der Waals surface area contributed by atoms with Crippen LogP contribution in [0.2, 0.25) is 0 Å². The van der Waals surface area contributed by atoms with E-state index in [9.17, 15) is 4.39 Å². The molecule has 1 saturated heterocycles. The van der Waals surface area contributed by atoms with Crippen molar-refractivity contribution in [2.45, 2.75) is 13.8 Å². The third kappa shape index (κ3) is 6.63. The highest BCUT2D eigenvalue weighted by atomic mass is 32.1. The Morgan fingerprint density at radius 2 is 1.57 bits per heavy atom. The van der Waals surface area contributed by atoms with Gasteiger partial charge in [-0.2, -0.15) is 4.99 Å². The number of ether oxygens (including phenoxy) is 1. The fraction of sp³-hybridized carbons (Fsp3) is 0.280. The summed E-state index contributed by atoms with van der Waals surface area (Å²) in [5.74, 6) is 1.54. The molecule has 1 aliphatic heterocycles. The molecule has 182 valence electrons. The predicted octanol–water partition coefficient (Wildman–Crippen LogP) is 4.23. The molecule has 35 heavy (non-hydrogen) atoms. The van der Waals surface area contributed by atoms with Crippen LogP contribution in [-0.4, -0.2) is 59.2 Å². The predicted molar refractivity (Wildman–Crippen MR) is 142 cm³/mol. The maximum atomic E-state index is 13.2. The van der Waals surface area contributed by atoms with Crippen LogP contribution in [0.25, 0.3) is 0 Å². The van der Waals surface area contributed by atoms with E-state index in [-0.39, 0.29) is 10.9 Å². The minimum absolute atomic E-state index is 0.251. The Morgan fingerprint density at radius 3 is 2.17 bits per heavy atom. The highest BCUT2D eigenvalue weighted by Gasteiger charge is 2.22. The van der Waals surface area contributed by atoms with E-state index < -0.39 is 0 Å². The van der Waals surface area contributed by atoms with Crippen LogP contribution < -0.4 is 20.3 Å². The maximum absolute atomic E-state index is 13.2. The summed E-state index contributed by atoms with van der Waals surface area (Å²) in [6.45, 7) is 6.90. The van der Waals surface area contributed by atoms with Gasteiger partial charge in [-0.1, -0.05) is 0 Å². The zero-order chi connectivity index (χ0) is 24.8. The molecule has 1 fully saturated rings. The van der Waals surface area contributed by atoms with E-state index in [2.05, 4.69) is 47.5 Å². The summed E-state index contributed by atoms with van der Waals surface area (Å²) in [4.78, 5) is 18.1. The van der Waals surface area contributed by atoms with Gasteiger partial charge in [-0.05, 0) is 80.7 Å². The Labute approximate surface area is 209 Å². The van der Waals surface area contributed by atoms with Crippen LogP contribution in [0.1, 0.15) is 11.4 Å². The molecule has 1 aromatic heterocycles. The number of aryl methyl sites for hydroxylation is 2. The molecule has 0 radical (unpaired) electrons. The van der Waals surface area contributed by atoms with Crippen LogP contribution in [0.4, 0.5) is 21.7 Å². The molecule has 10 heteroatoms. The Hall–Kier alpha value is -3.79. The van der Waals surface area contributed by atoms with Crippen molar-refractivity contribution in [3.8, 4) is 5.75 Å². The van der Waals surface area contributed by atoms with Gasteiger partial charge in [0.2, 0.25) is 17.0 Å². The van der Waals surface area contributed by atoms with Crippen molar-refractivity contribution in [3.05, 3.63) is 71.8 Å². The number of thiocarbonyl (C=S) groups is 1. The van der Waals surface area contributed by atoms with E-state index in [0.29, 0.717) is 17.6 Å². The Bertz CT molecular complexity index is 1170. The number of benzene rings is 2. The van der Waals surface area contributed by atoms with Gasteiger partial charge in [-0.25, -0.2) is 14.4 Å². The summed E-state index contributed by atoms with van der Waals surface area (Å²) in [5, 5.41) is 6.55. The van der Waals surface area contributed by atoms with Gasteiger partial charge in [0.25, 0.3) is 0 Å². The summed E-state index contributed by atoms with van der Waals surface area (Å²) in [6.07, 6.45) is 0. The first-order chi connectivity index (χ1) is 16.9. The van der Waals surface area contributed by atoms with Crippen LogP contribution in [0, 0.1) is 19.7 Å². The lowest BCUT2D eigenvalue weighted by atomic mass is 10.2. The lowest BCUT2D eigenvalue weighted by Gasteiger charge is -2.37. The van der Waals surface area contributed by atoms with E-state index in [1.54, 1.807) is 19.2 Å². The molecule has 0 amide bonds. The fourth-order valence-corrected chi connectivity index (χ4v) is 4.01. The number of halogens is 1. The number of nitrogens with zero attached hydrogens (tertiary/aromatic N) is 5. The van der Waals surface area contributed by atoms with Gasteiger partial charge >= 0.3 is 0 Å². The molecule has 2 heterocycles. The van der Waals surface area contributed by atoms with Crippen molar-refractivity contribution in [3.63, 3.8) is 0 Å². The Balaban J connectivity index is 1.50. The largest absolute Gasteiger partial charge is 0.497 e. The third-order valence-electron chi connectivity index (χ3n) is 5.53. The standard InChI is InChI=1S/C25H28FN7OS/c1-17-16-18(2)28-23(27-17)30-24(31-25(35)29-20-6-4-19(26)5-7-20)33-14-12-32(13-15-33)21-8-10-22(34-3)11-9-21/h4-11,16H,12-15H2,1-3H3,(H2,27,28,29,30,31,35). The molecule has 2 N–H and O–H groups in total. The van der Waals surface area contributed by atoms with Gasteiger partial charge in [-0.15, -0.1) is 0 Å². The molecule has 0 bridgehead atoms. The second-order valence-electron chi connectivity index (χ2n) is 8.14. The van der Waals surface area contributed by atoms with Crippen molar-refractivity contribution in [1.29, 1.82) is 0 Å². The quantitative estimate of drug-likeness (QED) is 0.318. The zero-order valence-electron chi connectivity index (χ0n) is 20.0. The molecule has 2 aromatic carbocycles. The smallest absolute Gasteiger partial charge is 0.229 e. The summed E-state index contributed by atoms with van der Waals surface area (Å²) in [6, 6.07) is 15.9. The normalized spacial score (nSPS) is 14.0. The monoisotopic (exact) mass is 493 g/mol. The average Bonchev–Trinajstić information content (AvgIpc) is 2.85. The number of guanidine groups is 1. The fourth-order valence-electron chi connectivity index (χ4n) is 3.81. The SMILES string of the molecule is COc1ccc(N2CCN(/C(=N\C(=S)Nc3ccc(F)cc3)Nc3nc(C)cc(C)n3)CC2)cc1. The van der Waals surface area contributed by atoms with Crippen molar-refractivity contribution < 1.29 is 9.13 Å². The Kier molecular flexibility index (Phi) is 7.71. The number of aliphatic imine (C=N–C) groups is 1. The summed E-state index contributed by atoms with van der Waals surface area (Å²) in [5.41, 5.74) is 3.51. The van der Waals surface area contributed by atoms with E-state index in [1.165, 1.54) is 12.1 Å². The van der Waals surface area contributed by atoms with Crippen molar-refractivity contribution in [2.24, 2.45) is 4.99 Å². The van der Waals surface area contributed by atoms with Crippen molar-refractivity contribution in [2.75, 3.05) is 48.8 Å². The molecule has 8 nitrogen and oxygen atoms in total. The van der Waals surface area contributed by atoms with Gasteiger partial charge in [0.05, 0.1) is 7.11 Å². The maximum Gasteiger partial charge on any atom is 0.229 e. The molecule has 4 rings (SSSR count). The molecule has 0 aliphatic carbocycles. The highest BCUT2D eigenvalue weighted by Crippen LogP contribution is 2.21. The van der Waals surface area contributed by atoms with Crippen LogP contribution in [0.15, 0.2) is 59.6 Å². The van der Waals surface area contributed by atoms with Crippen molar-refractivity contribution in [1.82, 2.24) is 14.9 Å². The topological polar surface area (TPSA) is 77.9 Å². The average molecular weight is 494 g/mol. The molecular weight excluding hydrogens is 465 g/mol. The first-order valence-electron chi connectivity index (χ1n) is 11.3. The van der Waals surface area contributed by atoms with Gasteiger partial charge in [0.15, 0.2) is 0 Å². The number of aromatic nitrogens is 2. The van der Waals surface area contributed by atoms with E-state index in [0.717, 1.165) is 49.0 Å². The van der Waals surface area contributed by atoms with Crippen LogP contribution >= 0.6 is 12.2 Å². The van der Waals surface area contributed by atoms with Crippen LogP contribution in [0.5, 0.6) is 5.75 Å². The molecule has 0 spiro atoms. The molecule has 0 saturated carbocycles. The minimum Gasteiger partial charge on any atom is -0.497 e. The third-order valence-corrected chi connectivity index (χ3v) is 5.72. The number of piperazine rings is 1. The van der Waals surface area contributed by atoms with Crippen molar-refractivity contribution >= 4 is 40.6 Å². The first kappa shape index (κ1) is 24.3. The zero-order valence-corrected chi connectivity index (χ0v) is 20.8. The summed E-state index contributed by atoms with van der Waals surface area (Å²) < 4.78 is 18.5. The van der Waals surface area contributed by atoms with Crippen LogP contribution in [-0.2, 0) is 0 Å². The number of rotatable bonds is 4. The van der Waals surface area contributed by atoms with E-state index >= 15 is 0 Å². The minimum atomic E-state index is -0.311. The second-order valence-corrected chi connectivity index (χ2v) is 8.53.